The summed E-state index contributed by atoms with van der Waals surface area (Å²) in [5.41, 5.74) is 0.806. The number of rotatable bonds is 7. The lowest BCUT2D eigenvalue weighted by Crippen LogP contribution is -2.50. The number of aromatic nitrogens is 2. The summed E-state index contributed by atoms with van der Waals surface area (Å²) in [6.45, 7) is 3.47. The minimum atomic E-state index is -4.06. The lowest BCUT2D eigenvalue weighted by molar-refractivity contribution is -0.121. The Hall–Kier alpha value is -4.12. The van der Waals surface area contributed by atoms with Crippen molar-refractivity contribution < 1.29 is 22.8 Å². The third kappa shape index (κ3) is 4.37. The molecule has 1 aromatic heterocycles. The molecule has 174 valence electrons. The molecule has 0 saturated carbocycles. The van der Waals surface area contributed by atoms with Crippen molar-refractivity contribution >= 4 is 39.4 Å². The quantitative estimate of drug-likeness (QED) is 0.514. The van der Waals surface area contributed by atoms with Crippen LogP contribution in [0.15, 0.2) is 71.9 Å². The van der Waals surface area contributed by atoms with Crippen molar-refractivity contribution in [1.82, 2.24) is 14.9 Å². The molecule has 1 N–H and O–H groups in total. The van der Waals surface area contributed by atoms with E-state index in [1.54, 1.807) is 38.1 Å². The summed E-state index contributed by atoms with van der Waals surface area (Å²) in [5, 5.41) is 2.66. The second kappa shape index (κ2) is 9.02. The molecule has 0 aliphatic carbocycles. The maximum Gasteiger partial charge on any atom is 0.262 e. The predicted molar refractivity (Wildman–Crippen MR) is 123 cm³/mol. The highest BCUT2D eigenvalue weighted by atomic mass is 32.2. The first-order chi connectivity index (χ1) is 16.2. The van der Waals surface area contributed by atoms with Gasteiger partial charge < -0.3 is 15.3 Å². The van der Waals surface area contributed by atoms with Crippen molar-refractivity contribution in [3.8, 4) is 0 Å². The van der Waals surface area contributed by atoms with E-state index in [-0.39, 0.29) is 27.9 Å². The Balaban J connectivity index is 1.51. The van der Waals surface area contributed by atoms with Crippen molar-refractivity contribution in [3.05, 3.63) is 82.8 Å². The van der Waals surface area contributed by atoms with Crippen LogP contribution < -0.4 is 5.32 Å². The summed E-state index contributed by atoms with van der Waals surface area (Å²) in [5.74, 6) is -2.18. The Kier molecular flexibility index (Phi) is 6.12. The van der Waals surface area contributed by atoms with Crippen molar-refractivity contribution in [1.29, 1.82) is 0 Å². The van der Waals surface area contributed by atoms with Gasteiger partial charge in [-0.1, -0.05) is 32.0 Å². The number of nitrogens with zero attached hydrogens (tertiary/aromatic N) is 4. The fraction of sp³-hybridized carbons (Fsp3) is 0.174. The molecule has 2 heterocycles. The predicted octanol–water partition coefficient (Wildman–Crippen LogP) is 3.13. The monoisotopic (exact) mass is 478 g/mol. The van der Waals surface area contributed by atoms with Crippen molar-refractivity contribution in [2.75, 3.05) is 5.32 Å². The van der Waals surface area contributed by atoms with E-state index >= 15 is 0 Å². The van der Waals surface area contributed by atoms with E-state index in [0.717, 1.165) is 4.90 Å². The van der Waals surface area contributed by atoms with E-state index in [4.69, 9.17) is 0 Å². The fourth-order valence-corrected chi connectivity index (χ4v) is 4.50. The molecule has 1 aliphatic rings. The highest BCUT2D eigenvalue weighted by Gasteiger charge is 2.43. The molecule has 0 spiro atoms. The second-order valence-electron chi connectivity index (χ2n) is 7.84. The van der Waals surface area contributed by atoms with Crippen LogP contribution in [0.1, 0.15) is 34.6 Å². The number of carbonyl (C=O) groups is 3. The molecular formula is C23H20N5O5S-. The zero-order valence-electron chi connectivity index (χ0n) is 18.2. The Morgan fingerprint density at radius 1 is 0.912 bits per heavy atom. The molecule has 3 amide bonds. The van der Waals surface area contributed by atoms with Crippen molar-refractivity contribution in [2.24, 2.45) is 5.92 Å². The molecule has 34 heavy (non-hydrogen) atoms. The van der Waals surface area contributed by atoms with Gasteiger partial charge in [-0.3, -0.25) is 24.0 Å². The standard InChI is InChI=1S/C23H21N5O5S/c1-14(2)19(28-21(30)17-6-3-4-7-18(17)22(28)31)20(29)26-15-8-10-16(11-9-15)34(32,33)27-23-24-12-5-13-25-23/h3-14,19H,1-2H3,(H2,24,25,26,27,29)/p-1. The van der Waals surface area contributed by atoms with Gasteiger partial charge in [-0.05, 0) is 54.7 Å². The maximum atomic E-state index is 13.1. The van der Waals surface area contributed by atoms with E-state index in [2.05, 4.69) is 20.0 Å². The number of anilines is 1. The lowest BCUT2D eigenvalue weighted by Gasteiger charge is -2.28. The zero-order valence-corrected chi connectivity index (χ0v) is 19.1. The van der Waals surface area contributed by atoms with Crippen LogP contribution in [0.25, 0.3) is 4.72 Å². The number of fused-ring (bicyclic) bond motifs is 1. The van der Waals surface area contributed by atoms with Crippen LogP contribution >= 0.6 is 0 Å². The molecule has 0 bridgehead atoms. The Morgan fingerprint density at radius 2 is 1.47 bits per heavy atom. The number of benzene rings is 2. The number of hydrogen-bond donors (Lipinski definition) is 1. The van der Waals surface area contributed by atoms with Gasteiger partial charge in [0.1, 0.15) is 6.04 Å². The normalized spacial score (nSPS) is 14.1. The van der Waals surface area contributed by atoms with Gasteiger partial charge in [0.15, 0.2) is 0 Å². The lowest BCUT2D eigenvalue weighted by atomic mass is 10.0. The molecule has 0 radical (unpaired) electrons. The van der Waals surface area contributed by atoms with Crippen LogP contribution in [-0.4, -0.2) is 47.0 Å². The molecule has 10 nitrogen and oxygen atoms in total. The van der Waals surface area contributed by atoms with E-state index in [9.17, 15) is 22.8 Å². The SMILES string of the molecule is CC(C)C(C(=O)Nc1ccc(S(=O)(=O)[N-]c2ncccn2)cc1)N1C(=O)c2ccccc2C1=O. The average molecular weight is 479 g/mol. The van der Waals surface area contributed by atoms with E-state index in [1.165, 1.54) is 42.7 Å². The molecule has 0 saturated heterocycles. The highest BCUT2D eigenvalue weighted by Crippen LogP contribution is 2.28. The molecule has 1 unspecified atom stereocenters. The molecule has 0 fully saturated rings. The minimum Gasteiger partial charge on any atom is -0.366 e. The zero-order chi connectivity index (χ0) is 24.5. The number of imide groups is 1. The number of amides is 3. The second-order valence-corrected chi connectivity index (χ2v) is 9.45. The fourth-order valence-electron chi connectivity index (χ4n) is 3.60. The first kappa shape index (κ1) is 23.1. The largest absolute Gasteiger partial charge is 0.366 e. The first-order valence-corrected chi connectivity index (χ1v) is 11.8. The van der Waals surface area contributed by atoms with Gasteiger partial charge in [0, 0.05) is 11.6 Å². The van der Waals surface area contributed by atoms with E-state index < -0.39 is 33.8 Å². The van der Waals surface area contributed by atoms with Crippen molar-refractivity contribution in [3.63, 3.8) is 0 Å². The van der Waals surface area contributed by atoms with Crippen LogP contribution in [0, 0.1) is 5.92 Å². The topological polar surface area (TPSA) is 140 Å². The molecular weight excluding hydrogens is 458 g/mol. The summed E-state index contributed by atoms with van der Waals surface area (Å²) in [6, 6.07) is 12.3. The maximum absolute atomic E-state index is 13.1. The number of hydrogen-bond acceptors (Lipinski definition) is 7. The number of sulfonamides is 1. The summed E-state index contributed by atoms with van der Waals surface area (Å²) in [4.78, 5) is 47.2. The van der Waals surface area contributed by atoms with Crippen LogP contribution in [-0.2, 0) is 14.8 Å². The highest BCUT2D eigenvalue weighted by molar-refractivity contribution is 7.94. The number of carbonyl (C=O) groups excluding carboxylic acids is 3. The van der Waals surface area contributed by atoms with Crippen LogP contribution in [0.5, 0.6) is 0 Å². The molecule has 4 rings (SSSR count). The van der Waals surface area contributed by atoms with Gasteiger partial charge in [-0.2, -0.15) is 0 Å². The molecule has 2 aromatic carbocycles. The molecule has 3 aromatic rings. The Labute approximate surface area is 196 Å². The smallest absolute Gasteiger partial charge is 0.262 e. The third-order valence-corrected chi connectivity index (χ3v) is 6.45. The number of nitrogens with one attached hydrogen (secondary N) is 1. The Morgan fingerprint density at radius 3 is 2.00 bits per heavy atom. The van der Waals surface area contributed by atoms with Crippen LogP contribution in [0.4, 0.5) is 11.6 Å². The van der Waals surface area contributed by atoms with Gasteiger partial charge in [0.05, 0.1) is 16.0 Å². The summed E-state index contributed by atoms with van der Waals surface area (Å²) in [6.07, 6.45) is 2.75. The van der Waals surface area contributed by atoms with Crippen LogP contribution in [0.3, 0.4) is 0 Å². The molecule has 1 atom stereocenters. The van der Waals surface area contributed by atoms with Gasteiger partial charge in [0.2, 0.25) is 15.9 Å². The van der Waals surface area contributed by atoms with Gasteiger partial charge in [-0.25, -0.2) is 8.42 Å². The van der Waals surface area contributed by atoms with Gasteiger partial charge >= 0.3 is 0 Å². The van der Waals surface area contributed by atoms with Gasteiger partial charge in [-0.15, -0.1) is 0 Å². The first-order valence-electron chi connectivity index (χ1n) is 10.3. The summed E-state index contributed by atoms with van der Waals surface area (Å²) < 4.78 is 28.5. The average Bonchev–Trinajstić information content (AvgIpc) is 3.05. The van der Waals surface area contributed by atoms with E-state index in [1.807, 2.05) is 0 Å². The summed E-state index contributed by atoms with van der Waals surface area (Å²) in [7, 11) is -4.06. The molecule has 11 heteroatoms. The minimum absolute atomic E-state index is 0.112. The molecule has 1 aliphatic heterocycles. The van der Waals surface area contributed by atoms with Crippen LogP contribution in [0.2, 0.25) is 0 Å². The van der Waals surface area contributed by atoms with E-state index in [0.29, 0.717) is 5.69 Å². The van der Waals surface area contributed by atoms with Crippen molar-refractivity contribution in [2.45, 2.75) is 24.8 Å². The Bertz CT molecular complexity index is 1320. The summed E-state index contributed by atoms with van der Waals surface area (Å²) >= 11 is 0. The third-order valence-electron chi connectivity index (χ3n) is 5.18. The van der Waals surface area contributed by atoms with Gasteiger partial charge in [0.25, 0.3) is 11.8 Å².